The van der Waals surface area contributed by atoms with Crippen LogP contribution < -0.4 is 0 Å². The van der Waals surface area contributed by atoms with Crippen LogP contribution in [-0.4, -0.2) is 16.7 Å². The summed E-state index contributed by atoms with van der Waals surface area (Å²) in [5, 5.41) is 8.10. The van der Waals surface area contributed by atoms with Crippen molar-refractivity contribution >= 4 is 14.4 Å². The van der Waals surface area contributed by atoms with Gasteiger partial charge in [0.25, 0.3) is 0 Å². The summed E-state index contributed by atoms with van der Waals surface area (Å²) in [6.07, 6.45) is 1.12. The first-order chi connectivity index (χ1) is 3.72. The van der Waals surface area contributed by atoms with Crippen LogP contribution in [0, 0.1) is 0 Å². The van der Waals surface area contributed by atoms with E-state index in [1.165, 1.54) is 0 Å². The molecule has 0 aliphatic carbocycles. The molecule has 1 N–H and O–H groups in total. The van der Waals surface area contributed by atoms with Gasteiger partial charge in [-0.05, 0) is 0 Å². The molecule has 0 heterocycles. The minimum absolute atomic E-state index is 0.414. The molecule has 0 bridgehead atoms. The van der Waals surface area contributed by atoms with E-state index >= 15 is 0 Å². The van der Waals surface area contributed by atoms with Gasteiger partial charge in [0.1, 0.15) is 0 Å². The molecule has 0 radical (unpaired) electrons. The number of hydrogen-bond donors (Lipinski definition) is 1. The largest absolute Gasteiger partial charge is 0.480 e. The Bertz CT molecular complexity index is 112. The van der Waals surface area contributed by atoms with Gasteiger partial charge < -0.3 is 5.11 Å². The minimum Gasteiger partial charge on any atom is -0.480 e. The Morgan fingerprint density at radius 3 is 2.38 bits per heavy atom. The zero-order chi connectivity index (χ0) is 6.57. The Morgan fingerprint density at radius 1 is 1.88 bits per heavy atom. The molecule has 0 aromatic heterocycles. The van der Waals surface area contributed by atoms with Crippen molar-refractivity contribution in [1.82, 2.24) is 0 Å². The number of hydrogen-bond acceptors (Lipinski definition) is 2. The molecule has 0 saturated heterocycles. The third-order valence-corrected chi connectivity index (χ3v) is 1.25. The predicted octanol–water partition coefficient (Wildman–Crippen LogP) is 0.917. The van der Waals surface area contributed by atoms with E-state index < -0.39 is 20.1 Å². The normalized spacial score (nSPS) is 13.0. The molecule has 1 atom stereocenters. The van der Waals surface area contributed by atoms with E-state index in [9.17, 15) is 9.36 Å². The zero-order valence-electron chi connectivity index (χ0n) is 4.07. The predicted molar refractivity (Wildman–Crippen MR) is 29.2 cm³/mol. The molecule has 4 heteroatoms. The number of rotatable bonds is 3. The minimum atomic E-state index is -1.11. The summed E-state index contributed by atoms with van der Waals surface area (Å²) < 4.78 is 9.82. The van der Waals surface area contributed by atoms with Crippen LogP contribution in [0.3, 0.4) is 0 Å². The molecule has 1 unspecified atom stereocenters. The third-order valence-electron chi connectivity index (χ3n) is 0.590. The Kier molecular flexibility index (Phi) is 3.04. The van der Waals surface area contributed by atoms with Gasteiger partial charge in [-0.2, -0.15) is 0 Å². The fourth-order valence-corrected chi connectivity index (χ4v) is 0.365. The molecule has 0 aromatic carbocycles. The summed E-state index contributed by atoms with van der Waals surface area (Å²) in [7, 11) is -0.414. The topological polar surface area (TPSA) is 54.4 Å². The van der Waals surface area contributed by atoms with Gasteiger partial charge in [-0.15, -0.1) is 6.58 Å². The van der Waals surface area contributed by atoms with E-state index in [0.717, 1.165) is 6.08 Å². The van der Waals surface area contributed by atoms with Gasteiger partial charge in [-0.25, -0.2) is 0 Å². The quantitative estimate of drug-likeness (QED) is 0.458. The van der Waals surface area contributed by atoms with Gasteiger partial charge in [-0.1, -0.05) is 6.08 Å². The van der Waals surface area contributed by atoms with Crippen LogP contribution in [0.2, 0.25) is 0 Å². The second kappa shape index (κ2) is 3.33. The van der Waals surface area contributed by atoms with E-state index in [1.54, 1.807) is 0 Å². The molecule has 0 amide bonds. The second-order valence-corrected chi connectivity index (χ2v) is 1.89. The first-order valence-corrected chi connectivity index (χ1v) is 2.78. The van der Waals surface area contributed by atoms with Crippen LogP contribution in [0.15, 0.2) is 12.7 Å². The highest BCUT2D eigenvalue weighted by molar-refractivity contribution is 7.26. The van der Waals surface area contributed by atoms with Crippen molar-refractivity contribution in [2.24, 2.45) is 0 Å². The Hall–Kier alpha value is -0.690. The van der Waals surface area contributed by atoms with Gasteiger partial charge in [0, 0.05) is 0 Å². The average molecular weight is 132 g/mol. The number of carboxylic acid groups (broad SMARTS) is 1. The summed E-state index contributed by atoms with van der Waals surface area (Å²) in [5.74, 6) is -1.11. The van der Waals surface area contributed by atoms with Crippen molar-refractivity contribution in [2.75, 3.05) is 0 Å². The average Bonchev–Trinajstić information content (AvgIpc) is 1.69. The Morgan fingerprint density at radius 2 is 2.38 bits per heavy atom. The molecule has 0 spiro atoms. The first-order valence-electron chi connectivity index (χ1n) is 1.90. The highest BCUT2D eigenvalue weighted by atomic mass is 31.1. The van der Waals surface area contributed by atoms with Crippen LogP contribution in [0.1, 0.15) is 0 Å². The number of carbonyl (C=O) groups is 1. The van der Waals surface area contributed by atoms with Crippen LogP contribution in [-0.2, 0) is 9.36 Å². The lowest BCUT2D eigenvalue weighted by Crippen LogP contribution is -2.08. The lowest BCUT2D eigenvalue weighted by atomic mass is 10.4. The van der Waals surface area contributed by atoms with Crippen molar-refractivity contribution < 1.29 is 14.5 Å². The van der Waals surface area contributed by atoms with Crippen molar-refractivity contribution in [3.63, 3.8) is 0 Å². The summed E-state index contributed by atoms with van der Waals surface area (Å²) in [6.45, 7) is 3.17. The van der Waals surface area contributed by atoms with Gasteiger partial charge in [0.05, 0.1) is 0 Å². The number of aliphatic carboxylic acids is 1. The maximum atomic E-state index is 9.88. The van der Waals surface area contributed by atoms with Crippen molar-refractivity contribution in [3.05, 3.63) is 12.7 Å². The lowest BCUT2D eigenvalue weighted by Gasteiger charge is -1.89. The second-order valence-electron chi connectivity index (χ2n) is 1.12. The van der Waals surface area contributed by atoms with Crippen LogP contribution in [0.25, 0.3) is 0 Å². The molecule has 0 aliphatic heterocycles. The molecular weight excluding hydrogens is 127 g/mol. The maximum absolute atomic E-state index is 9.88. The van der Waals surface area contributed by atoms with Gasteiger partial charge >= 0.3 is 5.97 Å². The van der Waals surface area contributed by atoms with Gasteiger partial charge in [0.15, 0.2) is 14.1 Å². The molecule has 8 heavy (non-hydrogen) atoms. The standard InChI is InChI=1S/C4H5O3P/c1-2-3(8-7)4(5)6/h2-3H,1H2,(H,5,6). The van der Waals surface area contributed by atoms with E-state index in [-0.39, 0.29) is 0 Å². The van der Waals surface area contributed by atoms with Gasteiger partial charge in [-0.3, -0.25) is 9.36 Å². The van der Waals surface area contributed by atoms with Crippen molar-refractivity contribution in [1.29, 1.82) is 0 Å². The molecule has 3 nitrogen and oxygen atoms in total. The van der Waals surface area contributed by atoms with Gasteiger partial charge in [0.2, 0.25) is 0 Å². The summed E-state index contributed by atoms with van der Waals surface area (Å²) >= 11 is 0. The highest BCUT2D eigenvalue weighted by Crippen LogP contribution is 2.05. The maximum Gasteiger partial charge on any atom is 0.322 e. The van der Waals surface area contributed by atoms with E-state index in [0.29, 0.717) is 0 Å². The summed E-state index contributed by atoms with van der Waals surface area (Å²) in [5.41, 5.74) is -0.949. The highest BCUT2D eigenvalue weighted by Gasteiger charge is 2.10. The summed E-state index contributed by atoms with van der Waals surface area (Å²) in [4.78, 5) is 9.88. The van der Waals surface area contributed by atoms with Crippen molar-refractivity contribution in [2.45, 2.75) is 5.66 Å². The molecule has 0 rings (SSSR count). The van der Waals surface area contributed by atoms with E-state index in [4.69, 9.17) is 5.11 Å². The SMILES string of the molecule is C=CC(P=O)C(=O)O. The summed E-state index contributed by atoms with van der Waals surface area (Å²) in [6, 6.07) is 0. The Balaban J connectivity index is 3.88. The van der Waals surface area contributed by atoms with E-state index in [2.05, 4.69) is 6.58 Å². The lowest BCUT2D eigenvalue weighted by molar-refractivity contribution is -0.135. The van der Waals surface area contributed by atoms with Crippen molar-refractivity contribution in [3.8, 4) is 0 Å². The molecule has 0 fully saturated rings. The molecule has 0 saturated carbocycles. The van der Waals surface area contributed by atoms with Crippen LogP contribution >= 0.6 is 8.46 Å². The fourth-order valence-electron chi connectivity index (χ4n) is 0.189. The molecule has 0 aromatic rings. The van der Waals surface area contributed by atoms with Crippen LogP contribution in [0.5, 0.6) is 0 Å². The monoisotopic (exact) mass is 132 g/mol. The number of carboxylic acids is 1. The van der Waals surface area contributed by atoms with E-state index in [1.807, 2.05) is 0 Å². The fraction of sp³-hybridized carbons (Fsp3) is 0.250. The van der Waals surface area contributed by atoms with Crippen LogP contribution in [0.4, 0.5) is 0 Å². The first kappa shape index (κ1) is 7.31. The smallest absolute Gasteiger partial charge is 0.322 e. The molecule has 44 valence electrons. The Labute approximate surface area is 48.2 Å². The molecular formula is C4H5O3P. The molecule has 0 aliphatic rings. The zero-order valence-corrected chi connectivity index (χ0v) is 4.97. The third kappa shape index (κ3) is 1.85.